The van der Waals surface area contributed by atoms with E-state index in [1.807, 2.05) is 17.5 Å². The lowest BCUT2D eigenvalue weighted by Crippen LogP contribution is -2.35. The number of aromatic nitrogens is 2. The molecule has 3 heterocycles. The van der Waals surface area contributed by atoms with Gasteiger partial charge in [0.05, 0.1) is 12.2 Å². The molecule has 2 amide bonds. The Morgan fingerprint density at radius 1 is 1.38 bits per heavy atom. The minimum atomic E-state index is -0.434. The lowest BCUT2D eigenvalue weighted by Gasteiger charge is -2.25. The molecule has 0 saturated carbocycles. The van der Waals surface area contributed by atoms with Gasteiger partial charge in [0, 0.05) is 17.5 Å². The standard InChI is InChI=1S/C17H14N4O4S/c1-21-12-5-4-10(7-13(12)24-9-14(21)22)15-19-17(25-20-15)16(23)18-8-11-3-2-6-26-11/h2-7H,8-9H2,1H3,(H,18,23). The van der Waals surface area contributed by atoms with Gasteiger partial charge < -0.3 is 19.5 Å². The van der Waals surface area contributed by atoms with Gasteiger partial charge in [-0.1, -0.05) is 11.2 Å². The summed E-state index contributed by atoms with van der Waals surface area (Å²) in [5.41, 5.74) is 1.30. The Hall–Kier alpha value is -3.20. The van der Waals surface area contributed by atoms with E-state index in [1.54, 1.807) is 36.6 Å². The fraction of sp³-hybridized carbons (Fsp3) is 0.176. The summed E-state index contributed by atoms with van der Waals surface area (Å²) in [5.74, 6) is 0.170. The van der Waals surface area contributed by atoms with E-state index in [2.05, 4.69) is 15.5 Å². The summed E-state index contributed by atoms with van der Waals surface area (Å²) >= 11 is 1.55. The van der Waals surface area contributed by atoms with Gasteiger partial charge in [0.1, 0.15) is 5.75 Å². The highest BCUT2D eigenvalue weighted by atomic mass is 32.1. The van der Waals surface area contributed by atoms with Gasteiger partial charge in [-0.05, 0) is 29.6 Å². The third-order valence-corrected chi connectivity index (χ3v) is 4.80. The molecule has 0 saturated heterocycles. The van der Waals surface area contributed by atoms with E-state index in [0.29, 0.717) is 23.5 Å². The van der Waals surface area contributed by atoms with Crippen LogP contribution in [0, 0.1) is 0 Å². The zero-order valence-corrected chi connectivity index (χ0v) is 14.6. The van der Waals surface area contributed by atoms with Gasteiger partial charge in [0.25, 0.3) is 5.91 Å². The van der Waals surface area contributed by atoms with E-state index in [-0.39, 0.29) is 24.2 Å². The van der Waals surface area contributed by atoms with Gasteiger partial charge in [-0.15, -0.1) is 11.3 Å². The van der Waals surface area contributed by atoms with Crippen LogP contribution in [-0.2, 0) is 11.3 Å². The summed E-state index contributed by atoms with van der Waals surface area (Å²) in [6, 6.07) is 9.06. The maximum Gasteiger partial charge on any atom is 0.316 e. The van der Waals surface area contributed by atoms with Gasteiger partial charge in [-0.3, -0.25) is 9.59 Å². The molecule has 1 N–H and O–H groups in total. The van der Waals surface area contributed by atoms with Crippen molar-refractivity contribution in [3.63, 3.8) is 0 Å². The summed E-state index contributed by atoms with van der Waals surface area (Å²) in [6.45, 7) is 0.386. The third-order valence-electron chi connectivity index (χ3n) is 3.93. The smallest absolute Gasteiger partial charge is 0.316 e. The van der Waals surface area contributed by atoms with Crippen LogP contribution in [-0.4, -0.2) is 35.6 Å². The third kappa shape index (κ3) is 3.04. The predicted octanol–water partition coefficient (Wildman–Crippen LogP) is 2.08. The highest BCUT2D eigenvalue weighted by molar-refractivity contribution is 7.09. The Bertz CT molecular complexity index is 967. The lowest BCUT2D eigenvalue weighted by atomic mass is 10.1. The summed E-state index contributed by atoms with van der Waals surface area (Å²) < 4.78 is 10.5. The molecule has 8 nitrogen and oxygen atoms in total. The Balaban J connectivity index is 1.51. The van der Waals surface area contributed by atoms with Crippen LogP contribution in [0.1, 0.15) is 15.6 Å². The Morgan fingerprint density at radius 3 is 3.08 bits per heavy atom. The molecule has 2 aromatic heterocycles. The molecule has 3 aromatic rings. The van der Waals surface area contributed by atoms with Gasteiger partial charge in [-0.25, -0.2) is 0 Å². The Labute approximate surface area is 152 Å². The molecule has 0 bridgehead atoms. The van der Waals surface area contributed by atoms with Crippen LogP contribution in [0.4, 0.5) is 5.69 Å². The number of amides is 2. The number of thiophene rings is 1. The number of carbonyl (C=O) groups is 2. The quantitative estimate of drug-likeness (QED) is 0.755. The largest absolute Gasteiger partial charge is 0.482 e. The first kappa shape index (κ1) is 16.3. The van der Waals surface area contributed by atoms with Crippen molar-refractivity contribution in [3.05, 3.63) is 46.5 Å². The monoisotopic (exact) mass is 370 g/mol. The summed E-state index contributed by atoms with van der Waals surface area (Å²) in [5, 5.41) is 8.53. The topological polar surface area (TPSA) is 97.6 Å². The molecule has 1 aromatic carbocycles. The van der Waals surface area contributed by atoms with E-state index in [4.69, 9.17) is 9.26 Å². The summed E-state index contributed by atoms with van der Waals surface area (Å²) in [7, 11) is 1.69. The molecule has 26 heavy (non-hydrogen) atoms. The van der Waals surface area contributed by atoms with E-state index in [1.165, 1.54) is 4.90 Å². The molecule has 1 aliphatic rings. The van der Waals surface area contributed by atoms with Crippen LogP contribution in [0.3, 0.4) is 0 Å². The average molecular weight is 370 g/mol. The summed E-state index contributed by atoms with van der Waals surface area (Å²) in [6.07, 6.45) is 0. The van der Waals surface area contributed by atoms with Gasteiger partial charge >= 0.3 is 11.8 Å². The number of nitrogens with zero attached hydrogens (tertiary/aromatic N) is 3. The Kier molecular flexibility index (Phi) is 4.13. The van der Waals surface area contributed by atoms with Crippen molar-refractivity contribution in [2.75, 3.05) is 18.6 Å². The number of carbonyl (C=O) groups excluding carboxylic acids is 2. The maximum absolute atomic E-state index is 12.1. The van der Waals surface area contributed by atoms with Crippen molar-refractivity contribution in [1.82, 2.24) is 15.5 Å². The van der Waals surface area contributed by atoms with Crippen LogP contribution in [0.5, 0.6) is 5.75 Å². The van der Waals surface area contributed by atoms with Crippen molar-refractivity contribution in [2.45, 2.75) is 6.54 Å². The summed E-state index contributed by atoms with van der Waals surface area (Å²) in [4.78, 5) is 30.5. The number of fused-ring (bicyclic) bond motifs is 1. The second-order valence-electron chi connectivity index (χ2n) is 5.61. The van der Waals surface area contributed by atoms with Gasteiger partial charge in [0.15, 0.2) is 6.61 Å². The highest BCUT2D eigenvalue weighted by Crippen LogP contribution is 2.34. The predicted molar refractivity (Wildman–Crippen MR) is 94.1 cm³/mol. The molecule has 0 spiro atoms. The molecule has 1 aliphatic heterocycles. The molecular weight excluding hydrogens is 356 g/mol. The molecule has 0 atom stereocenters. The minimum absolute atomic E-state index is 0.0183. The van der Waals surface area contributed by atoms with Crippen LogP contribution >= 0.6 is 11.3 Å². The fourth-order valence-corrected chi connectivity index (χ4v) is 3.15. The average Bonchev–Trinajstić information content (AvgIpc) is 3.34. The van der Waals surface area contributed by atoms with Gasteiger partial charge in [0.2, 0.25) is 5.82 Å². The minimum Gasteiger partial charge on any atom is -0.482 e. The highest BCUT2D eigenvalue weighted by Gasteiger charge is 2.23. The number of nitrogens with one attached hydrogen (secondary N) is 1. The van der Waals surface area contributed by atoms with Crippen molar-refractivity contribution >= 4 is 28.8 Å². The molecule has 132 valence electrons. The Morgan fingerprint density at radius 2 is 2.27 bits per heavy atom. The van der Waals surface area contributed by atoms with Crippen LogP contribution < -0.4 is 15.0 Å². The van der Waals surface area contributed by atoms with E-state index in [9.17, 15) is 9.59 Å². The van der Waals surface area contributed by atoms with Crippen molar-refractivity contribution < 1.29 is 18.8 Å². The first-order valence-electron chi connectivity index (χ1n) is 7.80. The number of rotatable bonds is 4. The second kappa shape index (κ2) is 6.60. The number of hydrogen-bond acceptors (Lipinski definition) is 7. The molecule has 0 fully saturated rings. The zero-order valence-electron chi connectivity index (χ0n) is 13.8. The van der Waals surface area contributed by atoms with Crippen LogP contribution in [0.25, 0.3) is 11.4 Å². The molecule has 0 unspecified atom stereocenters. The van der Waals surface area contributed by atoms with Crippen molar-refractivity contribution in [1.29, 1.82) is 0 Å². The van der Waals surface area contributed by atoms with Crippen molar-refractivity contribution in [3.8, 4) is 17.1 Å². The first-order chi connectivity index (χ1) is 12.6. The number of anilines is 1. The number of ether oxygens (including phenoxy) is 1. The normalized spacial score (nSPS) is 13.3. The molecular formula is C17H14N4O4S. The van der Waals surface area contributed by atoms with Crippen LogP contribution in [0.2, 0.25) is 0 Å². The lowest BCUT2D eigenvalue weighted by molar-refractivity contribution is -0.120. The van der Waals surface area contributed by atoms with Gasteiger partial charge in [-0.2, -0.15) is 4.98 Å². The number of benzene rings is 1. The van der Waals surface area contributed by atoms with E-state index >= 15 is 0 Å². The number of hydrogen-bond donors (Lipinski definition) is 1. The SMILES string of the molecule is CN1C(=O)COc2cc(-c3noc(C(=O)NCc4cccs4)n3)ccc21. The van der Waals surface area contributed by atoms with E-state index < -0.39 is 5.91 Å². The molecule has 0 aliphatic carbocycles. The molecule has 0 radical (unpaired) electrons. The fourth-order valence-electron chi connectivity index (χ4n) is 2.51. The number of likely N-dealkylation sites (N-methyl/N-ethyl adjacent to an activating group) is 1. The molecule has 9 heteroatoms. The van der Waals surface area contributed by atoms with Crippen molar-refractivity contribution in [2.24, 2.45) is 0 Å². The zero-order chi connectivity index (χ0) is 18.1. The maximum atomic E-state index is 12.1. The second-order valence-corrected chi connectivity index (χ2v) is 6.64. The first-order valence-corrected chi connectivity index (χ1v) is 8.68. The van der Waals surface area contributed by atoms with Crippen LogP contribution in [0.15, 0.2) is 40.2 Å². The van der Waals surface area contributed by atoms with E-state index in [0.717, 1.165) is 4.88 Å². The molecule has 4 rings (SSSR count).